The molecule has 1 aromatic rings. The van der Waals surface area contributed by atoms with E-state index in [2.05, 4.69) is 9.89 Å². The van der Waals surface area contributed by atoms with Crippen molar-refractivity contribution in [2.45, 2.75) is 32.2 Å². The number of nitrogens with zero attached hydrogens (tertiary/aromatic N) is 3. The van der Waals surface area contributed by atoms with Gasteiger partial charge in [-0.3, -0.25) is 10.1 Å². The van der Waals surface area contributed by atoms with Crippen LogP contribution in [0, 0.1) is 10.1 Å². The standard InChI is InChI=1S/C15H22N4O3/c1-22-14-7-6-13(19(20)21)10-12(14)11-17-15(16)18-8-4-2-3-5-9-18/h6-7,10H,2-5,8-9,11H2,1H3,(H2,16,17). The number of ether oxygens (including phenoxy) is 1. The van der Waals surface area contributed by atoms with Crippen molar-refractivity contribution in [3.8, 4) is 5.75 Å². The molecule has 1 aromatic carbocycles. The Morgan fingerprint density at radius 2 is 2.05 bits per heavy atom. The number of aliphatic imine (C=N–C) groups is 1. The number of rotatable bonds is 4. The van der Waals surface area contributed by atoms with E-state index in [1.807, 2.05) is 0 Å². The summed E-state index contributed by atoms with van der Waals surface area (Å²) < 4.78 is 5.23. The van der Waals surface area contributed by atoms with Crippen molar-refractivity contribution in [1.29, 1.82) is 0 Å². The number of non-ortho nitro benzene ring substituents is 1. The van der Waals surface area contributed by atoms with E-state index >= 15 is 0 Å². The molecule has 120 valence electrons. The van der Waals surface area contributed by atoms with Crippen molar-refractivity contribution in [3.05, 3.63) is 33.9 Å². The normalized spacial score (nSPS) is 16.2. The smallest absolute Gasteiger partial charge is 0.270 e. The third-order valence-corrected chi connectivity index (χ3v) is 3.82. The highest BCUT2D eigenvalue weighted by atomic mass is 16.6. The topological polar surface area (TPSA) is 94.0 Å². The van der Waals surface area contributed by atoms with Gasteiger partial charge in [0.2, 0.25) is 0 Å². The predicted molar refractivity (Wildman–Crippen MR) is 85.0 cm³/mol. The molecule has 0 bridgehead atoms. The number of benzene rings is 1. The molecule has 0 spiro atoms. The van der Waals surface area contributed by atoms with Gasteiger partial charge in [-0.1, -0.05) is 12.8 Å². The molecule has 2 N–H and O–H groups in total. The molecule has 1 heterocycles. The molecule has 0 radical (unpaired) electrons. The molecule has 2 rings (SSSR count). The Bertz CT molecular complexity index is 552. The summed E-state index contributed by atoms with van der Waals surface area (Å²) in [7, 11) is 1.53. The second-order valence-corrected chi connectivity index (χ2v) is 5.33. The van der Waals surface area contributed by atoms with Crippen LogP contribution in [0.5, 0.6) is 5.75 Å². The van der Waals surface area contributed by atoms with E-state index in [1.165, 1.54) is 32.1 Å². The fourth-order valence-electron chi connectivity index (χ4n) is 2.57. The van der Waals surface area contributed by atoms with Gasteiger partial charge in [0, 0.05) is 30.8 Å². The van der Waals surface area contributed by atoms with Gasteiger partial charge in [0.05, 0.1) is 18.6 Å². The van der Waals surface area contributed by atoms with Crippen molar-refractivity contribution in [1.82, 2.24) is 4.90 Å². The summed E-state index contributed by atoms with van der Waals surface area (Å²) in [6.45, 7) is 2.11. The number of guanidine groups is 1. The second kappa shape index (κ2) is 7.63. The number of nitro groups is 1. The van der Waals surface area contributed by atoms with Gasteiger partial charge in [0.15, 0.2) is 5.96 Å². The van der Waals surface area contributed by atoms with Crippen molar-refractivity contribution in [3.63, 3.8) is 0 Å². The van der Waals surface area contributed by atoms with Crippen LogP contribution in [0.1, 0.15) is 31.2 Å². The van der Waals surface area contributed by atoms with Crippen molar-refractivity contribution in [2.24, 2.45) is 10.7 Å². The Morgan fingerprint density at radius 3 is 2.64 bits per heavy atom. The zero-order valence-electron chi connectivity index (χ0n) is 12.8. The maximum Gasteiger partial charge on any atom is 0.270 e. The maximum absolute atomic E-state index is 10.9. The van der Waals surface area contributed by atoms with E-state index in [1.54, 1.807) is 6.07 Å². The minimum absolute atomic E-state index is 0.0272. The molecule has 1 saturated heterocycles. The van der Waals surface area contributed by atoms with Gasteiger partial charge >= 0.3 is 0 Å². The summed E-state index contributed by atoms with van der Waals surface area (Å²) in [4.78, 5) is 16.9. The number of likely N-dealkylation sites (tertiary alicyclic amines) is 1. The van der Waals surface area contributed by atoms with Crippen LogP contribution < -0.4 is 10.5 Å². The Labute approximate surface area is 129 Å². The fourth-order valence-corrected chi connectivity index (χ4v) is 2.57. The van der Waals surface area contributed by atoms with Gasteiger partial charge < -0.3 is 15.4 Å². The second-order valence-electron chi connectivity index (χ2n) is 5.33. The minimum Gasteiger partial charge on any atom is -0.496 e. The van der Waals surface area contributed by atoms with Crippen molar-refractivity contribution < 1.29 is 9.66 Å². The molecule has 0 atom stereocenters. The number of methoxy groups -OCH3 is 1. The molecule has 7 heteroatoms. The van der Waals surface area contributed by atoms with Crippen LogP contribution in [-0.4, -0.2) is 36.0 Å². The van der Waals surface area contributed by atoms with E-state index in [0.717, 1.165) is 25.9 Å². The molecule has 1 fully saturated rings. The molecule has 0 unspecified atom stereocenters. The first kappa shape index (κ1) is 16.1. The molecule has 0 aromatic heterocycles. The van der Waals surface area contributed by atoms with Crippen LogP contribution in [0.4, 0.5) is 5.69 Å². The fraction of sp³-hybridized carbons (Fsp3) is 0.533. The van der Waals surface area contributed by atoms with Gasteiger partial charge in [-0.25, -0.2) is 4.99 Å². The van der Waals surface area contributed by atoms with E-state index in [0.29, 0.717) is 17.3 Å². The average molecular weight is 306 g/mol. The Balaban J connectivity index is 2.12. The highest BCUT2D eigenvalue weighted by Crippen LogP contribution is 2.24. The van der Waals surface area contributed by atoms with Gasteiger partial charge in [-0.15, -0.1) is 0 Å². The summed E-state index contributed by atoms with van der Waals surface area (Å²) in [5.41, 5.74) is 6.75. The zero-order valence-corrected chi connectivity index (χ0v) is 12.8. The van der Waals surface area contributed by atoms with Gasteiger partial charge in [-0.05, 0) is 18.9 Å². The Hall–Kier alpha value is -2.31. The summed E-state index contributed by atoms with van der Waals surface area (Å²) in [6.07, 6.45) is 4.69. The van der Waals surface area contributed by atoms with E-state index in [-0.39, 0.29) is 12.2 Å². The highest BCUT2D eigenvalue weighted by Gasteiger charge is 2.13. The number of hydrogen-bond donors (Lipinski definition) is 1. The molecule has 1 aliphatic rings. The lowest BCUT2D eigenvalue weighted by Gasteiger charge is -2.21. The van der Waals surface area contributed by atoms with E-state index in [9.17, 15) is 10.1 Å². The summed E-state index contributed by atoms with van der Waals surface area (Å²) >= 11 is 0. The SMILES string of the molecule is COc1ccc([N+](=O)[O-])cc1CN=C(N)N1CCCCCC1. The quantitative estimate of drug-likeness (QED) is 0.398. The lowest BCUT2D eigenvalue weighted by atomic mass is 10.2. The monoisotopic (exact) mass is 306 g/mol. The zero-order chi connectivity index (χ0) is 15.9. The molecule has 0 aliphatic carbocycles. The van der Waals surface area contributed by atoms with Crippen molar-refractivity contribution >= 4 is 11.6 Å². The van der Waals surface area contributed by atoms with Crippen molar-refractivity contribution in [2.75, 3.05) is 20.2 Å². The summed E-state index contributed by atoms with van der Waals surface area (Å²) in [6, 6.07) is 4.49. The third-order valence-electron chi connectivity index (χ3n) is 3.82. The van der Waals surface area contributed by atoms with Gasteiger partial charge in [-0.2, -0.15) is 0 Å². The first-order valence-corrected chi connectivity index (χ1v) is 7.48. The Morgan fingerprint density at radius 1 is 1.36 bits per heavy atom. The van der Waals surface area contributed by atoms with E-state index < -0.39 is 4.92 Å². The van der Waals surface area contributed by atoms with Crippen LogP contribution in [0.25, 0.3) is 0 Å². The molecular weight excluding hydrogens is 284 g/mol. The number of nitrogens with two attached hydrogens (primary N) is 1. The first-order chi connectivity index (χ1) is 10.6. The molecule has 0 amide bonds. The van der Waals surface area contributed by atoms with Gasteiger partial charge in [0.1, 0.15) is 5.75 Å². The number of hydrogen-bond acceptors (Lipinski definition) is 4. The molecule has 7 nitrogen and oxygen atoms in total. The minimum atomic E-state index is -0.426. The Kier molecular flexibility index (Phi) is 5.57. The van der Waals surface area contributed by atoms with Crippen LogP contribution in [-0.2, 0) is 6.54 Å². The molecular formula is C15H22N4O3. The highest BCUT2D eigenvalue weighted by molar-refractivity contribution is 5.78. The first-order valence-electron chi connectivity index (χ1n) is 7.48. The van der Waals surface area contributed by atoms with Crippen LogP contribution in [0.15, 0.2) is 23.2 Å². The number of nitro benzene ring substituents is 1. The van der Waals surface area contributed by atoms with E-state index in [4.69, 9.17) is 10.5 Å². The maximum atomic E-state index is 10.9. The third kappa shape index (κ3) is 4.09. The lowest BCUT2D eigenvalue weighted by Crippen LogP contribution is -2.38. The molecule has 0 saturated carbocycles. The van der Waals surface area contributed by atoms with Crippen LogP contribution in [0.3, 0.4) is 0 Å². The molecule has 22 heavy (non-hydrogen) atoms. The lowest BCUT2D eigenvalue weighted by molar-refractivity contribution is -0.384. The van der Waals surface area contributed by atoms with Crippen LogP contribution >= 0.6 is 0 Å². The van der Waals surface area contributed by atoms with Crippen LogP contribution in [0.2, 0.25) is 0 Å². The molecule has 1 aliphatic heterocycles. The summed E-state index contributed by atoms with van der Waals surface area (Å²) in [5.74, 6) is 1.08. The summed E-state index contributed by atoms with van der Waals surface area (Å²) in [5, 5.41) is 10.9. The largest absolute Gasteiger partial charge is 0.496 e. The van der Waals surface area contributed by atoms with Gasteiger partial charge in [0.25, 0.3) is 5.69 Å². The predicted octanol–water partition coefficient (Wildman–Crippen LogP) is 2.29. The average Bonchev–Trinajstić information content (AvgIpc) is 2.81.